The number of hydrogen-bond donors (Lipinski definition) is 0. The normalized spacial score (nSPS) is 13.0. The molecule has 0 aliphatic rings. The number of esters is 3. The van der Waals surface area contributed by atoms with Crippen molar-refractivity contribution >= 4 is 17.9 Å². The maximum Gasteiger partial charge on any atom is 0.306 e. The smallest absolute Gasteiger partial charge is 0.306 e. The summed E-state index contributed by atoms with van der Waals surface area (Å²) in [4.78, 5) is 37.8. The maximum atomic E-state index is 12.7. The van der Waals surface area contributed by atoms with Gasteiger partial charge in [0.15, 0.2) is 6.10 Å². The van der Waals surface area contributed by atoms with Gasteiger partial charge in [-0.15, -0.1) is 0 Å². The van der Waals surface area contributed by atoms with Crippen LogP contribution in [-0.4, -0.2) is 37.2 Å². The molecule has 0 spiro atoms. The van der Waals surface area contributed by atoms with Crippen LogP contribution in [0.3, 0.4) is 0 Å². The van der Waals surface area contributed by atoms with E-state index in [9.17, 15) is 14.4 Å². The van der Waals surface area contributed by atoms with Crippen LogP contribution < -0.4 is 0 Å². The average Bonchev–Trinajstić information content (AvgIpc) is 3.29. The van der Waals surface area contributed by atoms with Crippen molar-refractivity contribution in [2.45, 2.75) is 226 Å². The van der Waals surface area contributed by atoms with Crippen LogP contribution in [0.4, 0.5) is 0 Å². The van der Waals surface area contributed by atoms with Gasteiger partial charge in [0.25, 0.3) is 0 Å². The molecule has 362 valence electrons. The lowest BCUT2D eigenvalue weighted by Gasteiger charge is -2.18. The highest BCUT2D eigenvalue weighted by Crippen LogP contribution is 2.13. The van der Waals surface area contributed by atoms with Crippen molar-refractivity contribution in [3.05, 3.63) is 109 Å². The summed E-state index contributed by atoms with van der Waals surface area (Å²) in [6, 6.07) is 0. The Labute approximate surface area is 393 Å². The summed E-state index contributed by atoms with van der Waals surface area (Å²) in [5.74, 6) is -0.956. The Morgan fingerprint density at radius 2 is 0.641 bits per heavy atom. The lowest BCUT2D eigenvalue weighted by atomic mass is 10.1. The number of carbonyl (C=O) groups is 3. The molecule has 64 heavy (non-hydrogen) atoms. The molecule has 0 saturated carbocycles. The van der Waals surface area contributed by atoms with E-state index in [4.69, 9.17) is 14.2 Å². The molecule has 0 heterocycles. The highest BCUT2D eigenvalue weighted by molar-refractivity contribution is 5.71. The molecule has 0 aliphatic carbocycles. The number of hydrogen-bond acceptors (Lipinski definition) is 6. The number of allylic oxidation sites excluding steroid dienone is 18. The van der Waals surface area contributed by atoms with Gasteiger partial charge in [0, 0.05) is 19.3 Å². The fourth-order valence-electron chi connectivity index (χ4n) is 6.63. The van der Waals surface area contributed by atoms with Crippen LogP contribution in [0.5, 0.6) is 0 Å². The third-order valence-corrected chi connectivity index (χ3v) is 10.5. The fourth-order valence-corrected chi connectivity index (χ4v) is 6.63. The van der Waals surface area contributed by atoms with Crippen LogP contribution in [0.1, 0.15) is 220 Å². The summed E-state index contributed by atoms with van der Waals surface area (Å²) >= 11 is 0. The van der Waals surface area contributed by atoms with Gasteiger partial charge < -0.3 is 14.2 Å². The van der Waals surface area contributed by atoms with E-state index >= 15 is 0 Å². The van der Waals surface area contributed by atoms with Crippen LogP contribution in [0, 0.1) is 0 Å². The third kappa shape index (κ3) is 49.1. The molecule has 0 aliphatic heterocycles. The zero-order valence-corrected chi connectivity index (χ0v) is 41.3. The van der Waals surface area contributed by atoms with Gasteiger partial charge in [0.1, 0.15) is 13.2 Å². The van der Waals surface area contributed by atoms with E-state index in [1.807, 2.05) is 0 Å². The van der Waals surface area contributed by atoms with Crippen LogP contribution in [0.25, 0.3) is 0 Å². The lowest BCUT2D eigenvalue weighted by molar-refractivity contribution is -0.167. The quantitative estimate of drug-likeness (QED) is 0.0262. The third-order valence-electron chi connectivity index (χ3n) is 10.5. The Bertz CT molecular complexity index is 1340. The summed E-state index contributed by atoms with van der Waals surface area (Å²) in [7, 11) is 0. The van der Waals surface area contributed by atoms with Crippen molar-refractivity contribution in [1.82, 2.24) is 0 Å². The molecular weight excluding hydrogens is 793 g/mol. The average molecular weight is 887 g/mol. The van der Waals surface area contributed by atoms with Crippen molar-refractivity contribution in [3.8, 4) is 0 Å². The van der Waals surface area contributed by atoms with Gasteiger partial charge in [0.05, 0.1) is 0 Å². The van der Waals surface area contributed by atoms with Crippen molar-refractivity contribution in [2.24, 2.45) is 0 Å². The largest absolute Gasteiger partial charge is 0.462 e. The van der Waals surface area contributed by atoms with Crippen molar-refractivity contribution in [2.75, 3.05) is 13.2 Å². The Kier molecular flexibility index (Phi) is 48.5. The molecule has 1 atom stereocenters. The topological polar surface area (TPSA) is 78.9 Å². The number of ether oxygens (including phenoxy) is 3. The molecule has 0 bridgehead atoms. The maximum absolute atomic E-state index is 12.7. The van der Waals surface area contributed by atoms with Crippen molar-refractivity contribution in [1.29, 1.82) is 0 Å². The molecule has 0 aromatic rings. The van der Waals surface area contributed by atoms with Gasteiger partial charge >= 0.3 is 17.9 Å². The van der Waals surface area contributed by atoms with Crippen LogP contribution in [0.15, 0.2) is 109 Å². The summed E-state index contributed by atoms with van der Waals surface area (Å²) in [5.41, 5.74) is 0. The molecule has 0 saturated heterocycles. The number of carbonyl (C=O) groups excluding carboxylic acids is 3. The van der Waals surface area contributed by atoms with E-state index in [-0.39, 0.29) is 31.1 Å². The van der Waals surface area contributed by atoms with Gasteiger partial charge in [0.2, 0.25) is 0 Å². The van der Waals surface area contributed by atoms with E-state index in [1.165, 1.54) is 38.5 Å². The van der Waals surface area contributed by atoms with Crippen molar-refractivity contribution in [3.63, 3.8) is 0 Å². The minimum atomic E-state index is -0.797. The minimum Gasteiger partial charge on any atom is -0.462 e. The van der Waals surface area contributed by atoms with E-state index in [2.05, 4.69) is 130 Å². The van der Waals surface area contributed by atoms with E-state index < -0.39 is 6.10 Å². The number of unbranched alkanes of at least 4 members (excludes halogenated alkanes) is 16. The zero-order valence-electron chi connectivity index (χ0n) is 41.3. The van der Waals surface area contributed by atoms with Gasteiger partial charge in [-0.1, -0.05) is 207 Å². The SMILES string of the molecule is CC/C=C\C/C=C\C/C=C\C/C=C\C/C=C\C/C=C\C/C=C\CCCCCC(=O)OCC(COC(=O)CCCCCCCCCC)OC(=O)CCCCCCC/C=C\C/C=C\CCC. The standard InChI is InChI=1S/C58H94O6/c1-4-7-10-13-16-19-21-23-24-25-26-27-28-29-30-31-32-33-34-36-37-39-42-45-48-51-57(60)63-54-55(53-62-56(59)50-47-44-41-18-15-12-9-6-3)64-58(61)52-49-46-43-40-38-35-22-20-17-14-11-8-5-2/h7,10-11,14,16,19-20,22-24,26-27,29-30,32-33,36-37,55H,4-6,8-9,12-13,15,17-18,21,25,28,31,34-35,38-54H2,1-3H3/b10-7-,14-11-,19-16-,22-20-,24-23-,27-26-,30-29-,33-32-,37-36-. The second-order valence-electron chi connectivity index (χ2n) is 16.7. The predicted molar refractivity (Wildman–Crippen MR) is 274 cm³/mol. The van der Waals surface area contributed by atoms with Crippen LogP contribution in [0.2, 0.25) is 0 Å². The second kappa shape index (κ2) is 51.7. The highest BCUT2D eigenvalue weighted by atomic mass is 16.6. The fraction of sp³-hybridized carbons (Fsp3) is 0.638. The van der Waals surface area contributed by atoms with E-state index in [1.54, 1.807) is 0 Å². The molecule has 0 amide bonds. The van der Waals surface area contributed by atoms with Gasteiger partial charge in [-0.05, 0) is 103 Å². The molecular formula is C58H94O6. The molecule has 0 aromatic heterocycles. The Morgan fingerprint density at radius 1 is 0.328 bits per heavy atom. The molecule has 0 radical (unpaired) electrons. The molecule has 0 aromatic carbocycles. The predicted octanol–water partition coefficient (Wildman–Crippen LogP) is 17.1. The first-order valence-corrected chi connectivity index (χ1v) is 25.9. The first-order valence-electron chi connectivity index (χ1n) is 25.9. The Hall–Kier alpha value is -3.93. The second-order valence-corrected chi connectivity index (χ2v) is 16.7. The Morgan fingerprint density at radius 3 is 1.03 bits per heavy atom. The summed E-state index contributed by atoms with van der Waals surface area (Å²) in [6.45, 7) is 6.37. The first kappa shape index (κ1) is 60.1. The van der Waals surface area contributed by atoms with E-state index in [0.29, 0.717) is 19.3 Å². The monoisotopic (exact) mass is 887 g/mol. The van der Waals surface area contributed by atoms with E-state index in [0.717, 1.165) is 141 Å². The molecule has 6 heteroatoms. The lowest BCUT2D eigenvalue weighted by Crippen LogP contribution is -2.30. The zero-order chi connectivity index (χ0) is 46.5. The first-order chi connectivity index (χ1) is 31.5. The number of rotatable bonds is 45. The van der Waals surface area contributed by atoms with Gasteiger partial charge in [-0.2, -0.15) is 0 Å². The summed E-state index contributed by atoms with van der Waals surface area (Å²) in [5, 5.41) is 0. The summed E-state index contributed by atoms with van der Waals surface area (Å²) in [6.07, 6.45) is 69.4. The minimum absolute atomic E-state index is 0.0955. The molecule has 0 fully saturated rings. The molecule has 0 rings (SSSR count). The van der Waals surface area contributed by atoms with Crippen molar-refractivity contribution < 1.29 is 28.6 Å². The highest BCUT2D eigenvalue weighted by Gasteiger charge is 2.19. The summed E-state index contributed by atoms with van der Waals surface area (Å²) < 4.78 is 16.7. The van der Waals surface area contributed by atoms with Gasteiger partial charge in [-0.25, -0.2) is 0 Å². The molecule has 6 nitrogen and oxygen atoms in total. The van der Waals surface area contributed by atoms with Crippen LogP contribution >= 0.6 is 0 Å². The van der Waals surface area contributed by atoms with Crippen LogP contribution in [-0.2, 0) is 28.6 Å². The molecule has 0 N–H and O–H groups in total. The van der Waals surface area contributed by atoms with Gasteiger partial charge in [-0.3, -0.25) is 14.4 Å². The Balaban J connectivity index is 4.35. The molecule has 1 unspecified atom stereocenters.